The van der Waals surface area contributed by atoms with E-state index in [9.17, 15) is 4.79 Å². The van der Waals surface area contributed by atoms with E-state index in [1.165, 1.54) is 32.1 Å². The summed E-state index contributed by atoms with van der Waals surface area (Å²) in [6.07, 6.45) is 7.24. The second kappa shape index (κ2) is 8.99. The predicted octanol–water partition coefficient (Wildman–Crippen LogP) is 4.81. The summed E-state index contributed by atoms with van der Waals surface area (Å²) in [7, 11) is 0. The van der Waals surface area contributed by atoms with E-state index in [0.717, 1.165) is 12.1 Å². The van der Waals surface area contributed by atoms with Crippen LogP contribution in [0.1, 0.15) is 61.5 Å². The van der Waals surface area contributed by atoms with Crippen LogP contribution in [0, 0.1) is 5.92 Å². The van der Waals surface area contributed by atoms with Gasteiger partial charge < -0.3 is 10.1 Å². The molecule has 1 saturated carbocycles. The third kappa shape index (κ3) is 5.05. The lowest BCUT2D eigenvalue weighted by Crippen LogP contribution is -2.37. The molecule has 2 aromatic rings. The lowest BCUT2D eigenvalue weighted by atomic mass is 9.96. The number of aromatic nitrogens is 1. The fraction of sp³-hybridized carbons (Fsp3) is 0.500. The number of nitrogens with zero attached hydrogens (tertiary/aromatic N) is 1. The summed E-state index contributed by atoms with van der Waals surface area (Å²) in [6, 6.07) is 7.73. The van der Waals surface area contributed by atoms with Crippen LogP contribution in [-0.4, -0.2) is 16.9 Å². The molecule has 1 aliphatic rings. The van der Waals surface area contributed by atoms with Crippen LogP contribution in [-0.2, 0) is 6.61 Å². The monoisotopic (exact) mass is 358 g/mol. The minimum Gasteiger partial charge on any atom is -0.487 e. The van der Waals surface area contributed by atoms with Gasteiger partial charge in [-0.3, -0.25) is 4.79 Å². The third-order valence-electron chi connectivity index (χ3n) is 4.87. The molecule has 0 spiro atoms. The van der Waals surface area contributed by atoms with Crippen molar-refractivity contribution in [2.45, 2.75) is 58.1 Å². The maximum Gasteiger partial charge on any atom is 0.251 e. The maximum atomic E-state index is 12.6. The number of benzene rings is 1. The number of hydrogen-bond acceptors (Lipinski definition) is 4. The molecule has 0 aliphatic heterocycles. The van der Waals surface area contributed by atoms with Crippen molar-refractivity contribution in [2.24, 2.45) is 5.92 Å². The number of ether oxygens (including phenoxy) is 1. The number of thiazole rings is 1. The highest BCUT2D eigenvalue weighted by molar-refractivity contribution is 7.07. The van der Waals surface area contributed by atoms with Gasteiger partial charge in [-0.15, -0.1) is 11.3 Å². The summed E-state index contributed by atoms with van der Waals surface area (Å²) in [4.78, 5) is 16.8. The summed E-state index contributed by atoms with van der Waals surface area (Å²) < 4.78 is 5.75. The number of hydrogen-bond donors (Lipinski definition) is 1. The van der Waals surface area contributed by atoms with E-state index in [2.05, 4.69) is 17.2 Å². The molecule has 1 aromatic carbocycles. The van der Waals surface area contributed by atoms with Crippen molar-refractivity contribution in [3.05, 3.63) is 46.4 Å². The summed E-state index contributed by atoms with van der Waals surface area (Å²) in [5, 5.41) is 5.21. The fourth-order valence-corrected chi connectivity index (χ4v) is 4.03. The van der Waals surface area contributed by atoms with Crippen molar-refractivity contribution in [1.29, 1.82) is 0 Å². The quantitative estimate of drug-likeness (QED) is 0.737. The largest absolute Gasteiger partial charge is 0.487 e. The zero-order valence-corrected chi connectivity index (χ0v) is 15.6. The molecule has 25 heavy (non-hydrogen) atoms. The molecule has 1 N–H and O–H groups in total. The molecule has 2 unspecified atom stereocenters. The standard InChI is InChI=1S/C20H26N2O2S/c1-2-3-6-15-7-5-10-19(15)22-20(23)16-8-4-9-18(11-16)24-12-17-13-25-14-21-17/h4,8-9,11,13-15,19H,2-3,5-7,10,12H2,1H3,(H,22,23). The van der Waals surface area contributed by atoms with Gasteiger partial charge in [-0.25, -0.2) is 4.98 Å². The topological polar surface area (TPSA) is 51.2 Å². The first-order valence-corrected chi connectivity index (χ1v) is 10.1. The van der Waals surface area contributed by atoms with Crippen LogP contribution in [0.4, 0.5) is 0 Å². The average molecular weight is 359 g/mol. The summed E-state index contributed by atoms with van der Waals surface area (Å²) >= 11 is 1.55. The van der Waals surface area contributed by atoms with Gasteiger partial charge >= 0.3 is 0 Å². The molecular formula is C20H26N2O2S. The van der Waals surface area contributed by atoms with Crippen molar-refractivity contribution in [3.8, 4) is 5.75 Å². The smallest absolute Gasteiger partial charge is 0.251 e. The van der Waals surface area contributed by atoms with E-state index in [1.54, 1.807) is 16.8 Å². The summed E-state index contributed by atoms with van der Waals surface area (Å²) in [6.45, 7) is 2.65. The minimum atomic E-state index is 0.00695. The van der Waals surface area contributed by atoms with E-state index in [1.807, 2.05) is 29.6 Å². The summed E-state index contributed by atoms with van der Waals surface area (Å²) in [5.74, 6) is 1.34. The lowest BCUT2D eigenvalue weighted by Gasteiger charge is -2.21. The second-order valence-corrected chi connectivity index (χ2v) is 7.43. The molecule has 2 atom stereocenters. The van der Waals surface area contributed by atoms with Crippen LogP contribution in [0.25, 0.3) is 0 Å². The van der Waals surface area contributed by atoms with E-state index in [-0.39, 0.29) is 5.91 Å². The first-order valence-electron chi connectivity index (χ1n) is 9.17. The molecule has 3 rings (SSSR count). The Morgan fingerprint density at radius 1 is 1.40 bits per heavy atom. The number of rotatable bonds is 8. The Morgan fingerprint density at radius 2 is 2.32 bits per heavy atom. The first-order chi connectivity index (χ1) is 12.3. The van der Waals surface area contributed by atoms with Crippen molar-refractivity contribution in [1.82, 2.24) is 10.3 Å². The van der Waals surface area contributed by atoms with Crippen molar-refractivity contribution < 1.29 is 9.53 Å². The van der Waals surface area contributed by atoms with Gasteiger partial charge in [-0.05, 0) is 43.4 Å². The number of nitrogens with one attached hydrogen (secondary N) is 1. The van der Waals surface area contributed by atoms with Crippen molar-refractivity contribution >= 4 is 17.2 Å². The zero-order chi connectivity index (χ0) is 17.5. The summed E-state index contributed by atoms with van der Waals surface area (Å²) in [5.41, 5.74) is 3.36. The lowest BCUT2D eigenvalue weighted by molar-refractivity contribution is 0.0926. The number of carbonyl (C=O) groups excluding carboxylic acids is 1. The van der Waals surface area contributed by atoms with Crippen LogP contribution < -0.4 is 10.1 Å². The normalized spacial score (nSPS) is 19.7. The molecular weight excluding hydrogens is 332 g/mol. The minimum absolute atomic E-state index is 0.00695. The maximum absolute atomic E-state index is 12.6. The Labute approximate surface area is 153 Å². The van der Waals surface area contributed by atoms with Crippen LogP contribution >= 0.6 is 11.3 Å². The highest BCUT2D eigenvalue weighted by atomic mass is 32.1. The van der Waals surface area contributed by atoms with Crippen molar-refractivity contribution in [2.75, 3.05) is 0 Å². The van der Waals surface area contributed by atoms with Crippen LogP contribution in [0.5, 0.6) is 5.75 Å². The van der Waals surface area contributed by atoms with Gasteiger partial charge in [-0.1, -0.05) is 32.3 Å². The predicted molar refractivity (Wildman–Crippen MR) is 101 cm³/mol. The van der Waals surface area contributed by atoms with Gasteiger partial charge in [0.2, 0.25) is 0 Å². The van der Waals surface area contributed by atoms with Gasteiger partial charge in [0.05, 0.1) is 11.2 Å². The molecule has 1 heterocycles. The van der Waals surface area contributed by atoms with Crippen LogP contribution in [0.3, 0.4) is 0 Å². The second-order valence-electron chi connectivity index (χ2n) is 6.71. The van der Waals surface area contributed by atoms with Gasteiger partial charge in [0, 0.05) is 17.0 Å². The molecule has 1 aliphatic carbocycles. The van der Waals surface area contributed by atoms with E-state index in [4.69, 9.17) is 4.74 Å². The van der Waals surface area contributed by atoms with Crippen LogP contribution in [0.15, 0.2) is 35.2 Å². The molecule has 1 fully saturated rings. The van der Waals surface area contributed by atoms with Gasteiger partial charge in [0.15, 0.2) is 0 Å². The van der Waals surface area contributed by atoms with Crippen molar-refractivity contribution in [3.63, 3.8) is 0 Å². The Hall–Kier alpha value is -1.88. The molecule has 0 saturated heterocycles. The molecule has 134 valence electrons. The molecule has 4 nitrogen and oxygen atoms in total. The van der Waals surface area contributed by atoms with E-state index in [0.29, 0.717) is 29.9 Å². The number of carbonyl (C=O) groups is 1. The van der Waals surface area contributed by atoms with Gasteiger partial charge in [0.1, 0.15) is 12.4 Å². The molecule has 5 heteroatoms. The number of amides is 1. The third-order valence-corrected chi connectivity index (χ3v) is 5.51. The number of unbranched alkanes of at least 4 members (excludes halogenated alkanes) is 1. The molecule has 1 amide bonds. The SMILES string of the molecule is CCCCC1CCCC1NC(=O)c1cccc(OCc2cscn2)c1. The van der Waals surface area contributed by atoms with E-state index < -0.39 is 0 Å². The average Bonchev–Trinajstić information content (AvgIpc) is 3.30. The fourth-order valence-electron chi connectivity index (χ4n) is 3.48. The van der Waals surface area contributed by atoms with E-state index >= 15 is 0 Å². The first kappa shape index (κ1) is 17.9. The van der Waals surface area contributed by atoms with Gasteiger partial charge in [0.25, 0.3) is 5.91 Å². The van der Waals surface area contributed by atoms with Crippen LogP contribution in [0.2, 0.25) is 0 Å². The zero-order valence-electron chi connectivity index (χ0n) is 14.7. The molecule has 0 bridgehead atoms. The Morgan fingerprint density at radius 3 is 3.12 bits per heavy atom. The Bertz CT molecular complexity index is 672. The Balaban J connectivity index is 1.57. The van der Waals surface area contributed by atoms with Gasteiger partial charge in [-0.2, -0.15) is 0 Å². The highest BCUT2D eigenvalue weighted by Gasteiger charge is 2.28. The molecule has 0 radical (unpaired) electrons. The highest BCUT2D eigenvalue weighted by Crippen LogP contribution is 2.30. The Kier molecular flexibility index (Phi) is 6.45. The molecule has 1 aromatic heterocycles.